The second-order valence-corrected chi connectivity index (χ2v) is 12.4. The van der Waals surface area contributed by atoms with Crippen LogP contribution in [0.25, 0.3) is 0 Å². The number of rotatable bonds is 13. The van der Waals surface area contributed by atoms with Crippen LogP contribution in [0.1, 0.15) is 50.3 Å². The molecule has 4 rings (SSSR count). The average molecular weight is 669 g/mol. The van der Waals surface area contributed by atoms with Crippen molar-refractivity contribution in [3.05, 3.63) is 89.5 Å². The van der Waals surface area contributed by atoms with Crippen molar-refractivity contribution in [1.82, 2.24) is 21.3 Å². The zero-order valence-corrected chi connectivity index (χ0v) is 28.3. The number of nitrogens with one attached hydrogen (secondary N) is 5. The van der Waals surface area contributed by atoms with E-state index < -0.39 is 54.7 Å². The Morgan fingerprint density at radius 1 is 0.653 bits per heavy atom. The lowest BCUT2D eigenvalue weighted by Crippen LogP contribution is -2.55. The van der Waals surface area contributed by atoms with Gasteiger partial charge in [-0.25, -0.2) is 0 Å². The van der Waals surface area contributed by atoms with Gasteiger partial charge in [0.25, 0.3) is 0 Å². The zero-order valence-electron chi connectivity index (χ0n) is 28.3. The molecule has 1 aliphatic rings. The Bertz CT molecular complexity index is 1640. The number of anilines is 3. The maximum atomic E-state index is 13.4. The summed E-state index contributed by atoms with van der Waals surface area (Å²) in [6, 6.07) is 20.8. The second-order valence-electron chi connectivity index (χ2n) is 12.4. The highest BCUT2D eigenvalue weighted by molar-refractivity contribution is 6.03. The Morgan fingerprint density at radius 2 is 1.20 bits per heavy atom. The van der Waals surface area contributed by atoms with Crippen LogP contribution >= 0.6 is 0 Å². The number of carbonyl (C=O) groups is 6. The van der Waals surface area contributed by atoms with Gasteiger partial charge >= 0.3 is 0 Å². The van der Waals surface area contributed by atoms with E-state index in [-0.39, 0.29) is 24.7 Å². The van der Waals surface area contributed by atoms with Crippen molar-refractivity contribution in [2.45, 2.75) is 65.5 Å². The number of hydrogen-bond acceptors (Lipinski definition) is 6. The minimum atomic E-state index is -0.959. The Hall–Kier alpha value is -5.52. The Labute approximate surface area is 286 Å². The van der Waals surface area contributed by atoms with E-state index in [1.54, 1.807) is 30.9 Å². The maximum Gasteiger partial charge on any atom is 0.246 e. The molecule has 3 aromatic carbocycles. The summed E-state index contributed by atoms with van der Waals surface area (Å²) >= 11 is 0. The third-order valence-electron chi connectivity index (χ3n) is 8.17. The van der Waals surface area contributed by atoms with Crippen LogP contribution in [-0.4, -0.2) is 60.6 Å². The molecule has 5 N–H and O–H groups in total. The fourth-order valence-electron chi connectivity index (χ4n) is 5.40. The smallest absolute Gasteiger partial charge is 0.246 e. The molecule has 49 heavy (non-hydrogen) atoms. The van der Waals surface area contributed by atoms with E-state index in [0.29, 0.717) is 5.69 Å². The highest BCUT2D eigenvalue weighted by Gasteiger charge is 2.28. The van der Waals surface area contributed by atoms with E-state index in [2.05, 4.69) is 26.6 Å². The quantitative estimate of drug-likeness (QED) is 0.188. The van der Waals surface area contributed by atoms with Crippen LogP contribution in [-0.2, 0) is 41.6 Å². The van der Waals surface area contributed by atoms with Crippen LogP contribution in [0.2, 0.25) is 0 Å². The first-order chi connectivity index (χ1) is 23.4. The molecule has 0 fully saturated rings. The summed E-state index contributed by atoms with van der Waals surface area (Å²) < 4.78 is 0. The molecule has 1 aliphatic heterocycles. The summed E-state index contributed by atoms with van der Waals surface area (Å²) in [5.74, 6) is -3.22. The summed E-state index contributed by atoms with van der Waals surface area (Å²) in [7, 11) is 0. The van der Waals surface area contributed by atoms with Crippen LogP contribution in [0.3, 0.4) is 0 Å². The number of hydrogen-bond donors (Lipinski definition) is 5. The molecule has 0 saturated heterocycles. The largest absolute Gasteiger partial charge is 0.347 e. The predicted octanol–water partition coefficient (Wildman–Crippen LogP) is 3.06. The fourth-order valence-corrected chi connectivity index (χ4v) is 5.40. The molecule has 1 heterocycles. The van der Waals surface area contributed by atoms with Gasteiger partial charge in [-0.1, -0.05) is 67.9 Å². The van der Waals surface area contributed by atoms with Gasteiger partial charge in [-0.3, -0.25) is 33.7 Å². The average Bonchev–Trinajstić information content (AvgIpc) is 3.25. The number of benzene rings is 3. The minimum absolute atomic E-state index is 0.0661. The zero-order chi connectivity index (χ0) is 35.5. The van der Waals surface area contributed by atoms with E-state index in [0.717, 1.165) is 40.9 Å². The number of aryl methyl sites for hydroxylation is 3. The van der Waals surface area contributed by atoms with Crippen molar-refractivity contribution >= 4 is 52.5 Å². The molecule has 12 nitrogen and oxygen atoms in total. The summed E-state index contributed by atoms with van der Waals surface area (Å²) in [4.78, 5) is 78.2. The van der Waals surface area contributed by atoms with Gasteiger partial charge in [-0.05, 0) is 68.0 Å². The molecule has 258 valence electrons. The summed E-state index contributed by atoms with van der Waals surface area (Å²) in [5, 5.41) is 12.9. The monoisotopic (exact) mass is 668 g/mol. The third kappa shape index (κ3) is 10.2. The van der Waals surface area contributed by atoms with Crippen LogP contribution < -0.4 is 31.5 Å². The Balaban J connectivity index is 1.20. The van der Waals surface area contributed by atoms with Crippen molar-refractivity contribution < 1.29 is 28.8 Å². The van der Waals surface area contributed by atoms with Crippen LogP contribution in [0, 0.1) is 12.8 Å². The third-order valence-corrected chi connectivity index (χ3v) is 8.17. The SMILES string of the molecule is Cc1ccc(NC(=O)[C@H](C)NC(=O)[C@@H](NC(=O)CNC(=O)CNC(=O)CCC(=O)N2c3ccccc3CCc3ccccc32)C(C)C)cc1. The molecule has 0 saturated carbocycles. The first-order valence-corrected chi connectivity index (χ1v) is 16.4. The van der Waals surface area contributed by atoms with E-state index in [1.165, 1.54) is 6.92 Å². The van der Waals surface area contributed by atoms with E-state index in [1.807, 2.05) is 67.6 Å². The summed E-state index contributed by atoms with van der Waals surface area (Å²) in [6.07, 6.45) is 1.40. The molecular formula is C37H44N6O6. The van der Waals surface area contributed by atoms with Crippen molar-refractivity contribution in [3.8, 4) is 0 Å². The van der Waals surface area contributed by atoms with E-state index >= 15 is 0 Å². The maximum absolute atomic E-state index is 13.4. The Kier molecular flexibility index (Phi) is 12.6. The van der Waals surface area contributed by atoms with Crippen molar-refractivity contribution in [2.24, 2.45) is 5.92 Å². The normalized spacial score (nSPS) is 13.1. The standard InChI is InChI=1S/C37H44N6O6/c1-23(2)35(37(49)40-25(4)36(48)41-28-17-13-24(3)14-18-28)42-33(46)22-39-32(45)21-38-31(44)19-20-34(47)43-29-11-7-5-9-26(29)15-16-27-10-6-8-12-30(27)43/h5-14,17-18,23,25,35H,15-16,19-22H2,1-4H3,(H,38,44)(H,39,45)(H,40,49)(H,41,48)(H,42,46)/t25-,35-/m0/s1. The summed E-state index contributed by atoms with van der Waals surface area (Å²) in [6.45, 7) is 6.13. The first kappa shape index (κ1) is 36.3. The van der Waals surface area contributed by atoms with E-state index in [9.17, 15) is 28.8 Å². The second kappa shape index (κ2) is 17.0. The molecule has 12 heteroatoms. The molecule has 0 bridgehead atoms. The highest BCUT2D eigenvalue weighted by atomic mass is 16.2. The van der Waals surface area contributed by atoms with Gasteiger partial charge in [0.05, 0.1) is 24.5 Å². The first-order valence-electron chi connectivity index (χ1n) is 16.4. The van der Waals surface area contributed by atoms with Gasteiger partial charge in [0, 0.05) is 18.5 Å². The molecular weight excluding hydrogens is 624 g/mol. The molecule has 2 atom stereocenters. The molecule has 0 aliphatic carbocycles. The molecule has 0 spiro atoms. The summed E-state index contributed by atoms with van der Waals surface area (Å²) in [5.41, 5.74) is 5.33. The lowest BCUT2D eigenvalue weighted by atomic mass is 10.0. The number of para-hydroxylation sites is 2. The molecule has 0 unspecified atom stereocenters. The minimum Gasteiger partial charge on any atom is -0.347 e. The van der Waals surface area contributed by atoms with Crippen LogP contribution in [0.15, 0.2) is 72.8 Å². The number of amides is 6. The van der Waals surface area contributed by atoms with Crippen molar-refractivity contribution in [3.63, 3.8) is 0 Å². The van der Waals surface area contributed by atoms with Crippen LogP contribution in [0.5, 0.6) is 0 Å². The number of fused-ring (bicyclic) bond motifs is 2. The Morgan fingerprint density at radius 3 is 1.80 bits per heavy atom. The molecule has 0 radical (unpaired) electrons. The molecule has 3 aromatic rings. The predicted molar refractivity (Wildman–Crippen MR) is 187 cm³/mol. The highest BCUT2D eigenvalue weighted by Crippen LogP contribution is 2.36. The number of nitrogens with zero attached hydrogens (tertiary/aromatic N) is 1. The van der Waals surface area contributed by atoms with Gasteiger partial charge in [-0.2, -0.15) is 0 Å². The topological polar surface area (TPSA) is 166 Å². The number of carbonyl (C=O) groups excluding carboxylic acids is 6. The van der Waals surface area contributed by atoms with Gasteiger partial charge in [0.15, 0.2) is 0 Å². The van der Waals surface area contributed by atoms with Crippen molar-refractivity contribution in [1.29, 1.82) is 0 Å². The van der Waals surface area contributed by atoms with Crippen molar-refractivity contribution in [2.75, 3.05) is 23.3 Å². The van der Waals surface area contributed by atoms with Crippen LogP contribution in [0.4, 0.5) is 17.1 Å². The van der Waals surface area contributed by atoms with Gasteiger partial charge in [0.1, 0.15) is 12.1 Å². The molecule has 6 amide bonds. The van der Waals surface area contributed by atoms with Gasteiger partial charge in [-0.15, -0.1) is 0 Å². The van der Waals surface area contributed by atoms with Gasteiger partial charge < -0.3 is 26.6 Å². The molecule has 0 aromatic heterocycles. The van der Waals surface area contributed by atoms with E-state index in [4.69, 9.17) is 0 Å². The fraction of sp³-hybridized carbons (Fsp3) is 0.351. The lowest BCUT2D eigenvalue weighted by Gasteiger charge is -2.25. The lowest BCUT2D eigenvalue weighted by molar-refractivity contribution is -0.132. The van der Waals surface area contributed by atoms with Gasteiger partial charge in [0.2, 0.25) is 35.4 Å².